The van der Waals surface area contributed by atoms with Crippen LogP contribution in [0.4, 0.5) is 5.69 Å². The second kappa shape index (κ2) is 8.87. The number of H-pyrrole nitrogens is 1. The van der Waals surface area contributed by atoms with Gasteiger partial charge >= 0.3 is 11.1 Å². The van der Waals surface area contributed by atoms with Crippen molar-refractivity contribution in [2.45, 2.75) is 33.9 Å². The van der Waals surface area contributed by atoms with Gasteiger partial charge in [0, 0.05) is 24.8 Å². The molecule has 9 heteroatoms. The van der Waals surface area contributed by atoms with Crippen LogP contribution in [0.2, 0.25) is 0 Å². The Balaban J connectivity index is 1.76. The van der Waals surface area contributed by atoms with E-state index in [0.29, 0.717) is 28.8 Å². The molecule has 0 saturated heterocycles. The van der Waals surface area contributed by atoms with E-state index in [1.165, 1.54) is 4.57 Å². The van der Waals surface area contributed by atoms with Crippen LogP contribution in [0.1, 0.15) is 31.1 Å². The number of nitrogens with one attached hydrogen (secondary N) is 2. The molecule has 0 radical (unpaired) electrons. The molecular formula is C20H26N6O3. The molecule has 0 atom stereocenters. The number of carbonyl (C=O) groups is 1. The van der Waals surface area contributed by atoms with Crippen molar-refractivity contribution >= 4 is 22.6 Å². The van der Waals surface area contributed by atoms with E-state index in [-0.39, 0.29) is 5.91 Å². The van der Waals surface area contributed by atoms with E-state index in [4.69, 9.17) is 0 Å². The fourth-order valence-corrected chi connectivity index (χ4v) is 3.27. The van der Waals surface area contributed by atoms with Crippen LogP contribution in [-0.4, -0.2) is 49.8 Å². The Morgan fingerprint density at radius 2 is 1.97 bits per heavy atom. The van der Waals surface area contributed by atoms with Gasteiger partial charge in [-0.3, -0.25) is 19.1 Å². The van der Waals surface area contributed by atoms with E-state index in [2.05, 4.69) is 34.1 Å². The minimum Gasteiger partial charge on any atom is -0.319 e. The van der Waals surface area contributed by atoms with Crippen molar-refractivity contribution in [3.05, 3.63) is 56.9 Å². The van der Waals surface area contributed by atoms with Crippen molar-refractivity contribution in [1.82, 2.24) is 24.2 Å². The van der Waals surface area contributed by atoms with Crippen LogP contribution >= 0.6 is 0 Å². The minimum atomic E-state index is -0.702. The van der Waals surface area contributed by atoms with Gasteiger partial charge in [0.15, 0.2) is 0 Å². The Bertz CT molecular complexity index is 1120. The summed E-state index contributed by atoms with van der Waals surface area (Å²) >= 11 is 0. The summed E-state index contributed by atoms with van der Waals surface area (Å²) < 4.78 is 3.18. The highest BCUT2D eigenvalue weighted by Gasteiger charge is 2.12. The third kappa shape index (κ3) is 4.45. The van der Waals surface area contributed by atoms with Gasteiger partial charge in [-0.25, -0.2) is 0 Å². The maximum atomic E-state index is 12.6. The molecule has 0 aliphatic heterocycles. The summed E-state index contributed by atoms with van der Waals surface area (Å²) in [7, 11) is 0. The summed E-state index contributed by atoms with van der Waals surface area (Å²) in [5.41, 5.74) is 0.699. The van der Waals surface area contributed by atoms with Crippen molar-refractivity contribution in [3.8, 4) is 0 Å². The first-order valence-corrected chi connectivity index (χ1v) is 9.79. The first-order valence-electron chi connectivity index (χ1n) is 9.79. The lowest BCUT2D eigenvalue weighted by molar-refractivity contribution is 0.102. The molecule has 3 rings (SSSR count). The molecule has 9 nitrogen and oxygen atoms in total. The Labute approximate surface area is 168 Å². The molecule has 0 bridgehead atoms. The number of hydrogen-bond acceptors (Lipinski definition) is 5. The summed E-state index contributed by atoms with van der Waals surface area (Å²) in [4.78, 5) is 41.2. The number of amides is 1. The van der Waals surface area contributed by atoms with Gasteiger partial charge in [0.2, 0.25) is 0 Å². The summed E-state index contributed by atoms with van der Waals surface area (Å²) in [6.45, 7) is 10.00. The molecule has 2 heterocycles. The van der Waals surface area contributed by atoms with Crippen LogP contribution in [0, 0.1) is 0 Å². The largest absolute Gasteiger partial charge is 0.319 e. The summed E-state index contributed by atoms with van der Waals surface area (Å²) in [6.07, 6.45) is 3.40. The molecule has 1 amide bonds. The Hall–Kier alpha value is -3.20. The number of aryl methyl sites for hydroxylation is 1. The molecule has 0 spiro atoms. The second-order valence-electron chi connectivity index (χ2n) is 6.71. The molecule has 0 unspecified atom stereocenters. The zero-order chi connectivity index (χ0) is 21.0. The van der Waals surface area contributed by atoms with Crippen LogP contribution in [0.15, 0.2) is 40.2 Å². The van der Waals surface area contributed by atoms with Gasteiger partial charge in [0.05, 0.1) is 29.5 Å². The molecule has 2 aromatic heterocycles. The van der Waals surface area contributed by atoms with Crippen molar-refractivity contribution in [2.75, 3.05) is 25.0 Å². The zero-order valence-electron chi connectivity index (χ0n) is 16.9. The van der Waals surface area contributed by atoms with Crippen LogP contribution in [-0.2, 0) is 13.1 Å². The molecule has 3 aromatic rings. The number of fused-ring (bicyclic) bond motifs is 1. The Kier molecular flexibility index (Phi) is 6.28. The first kappa shape index (κ1) is 20.5. The summed E-state index contributed by atoms with van der Waals surface area (Å²) in [5, 5.41) is 7.10. The maximum absolute atomic E-state index is 12.6. The number of anilines is 1. The number of carbonyl (C=O) groups excluding carboxylic acids is 1. The van der Waals surface area contributed by atoms with E-state index in [1.807, 2.05) is 0 Å². The fourth-order valence-electron chi connectivity index (χ4n) is 3.27. The highest BCUT2D eigenvalue weighted by Crippen LogP contribution is 2.14. The number of aromatic nitrogens is 4. The quantitative estimate of drug-likeness (QED) is 0.560. The first-order chi connectivity index (χ1) is 14.0. The van der Waals surface area contributed by atoms with E-state index < -0.39 is 11.1 Å². The average molecular weight is 398 g/mol. The van der Waals surface area contributed by atoms with Gasteiger partial charge in [0.25, 0.3) is 5.91 Å². The number of likely N-dealkylation sites (N-methyl/N-ethyl adjacent to an activating group) is 1. The van der Waals surface area contributed by atoms with Gasteiger partial charge in [-0.05, 0) is 38.2 Å². The molecule has 154 valence electrons. The van der Waals surface area contributed by atoms with Crippen molar-refractivity contribution in [2.24, 2.45) is 0 Å². The number of nitrogens with zero attached hydrogens (tertiary/aromatic N) is 4. The van der Waals surface area contributed by atoms with Crippen molar-refractivity contribution < 1.29 is 4.79 Å². The molecular weight excluding hydrogens is 372 g/mol. The molecule has 0 saturated carbocycles. The predicted molar refractivity (Wildman–Crippen MR) is 112 cm³/mol. The zero-order valence-corrected chi connectivity index (χ0v) is 16.9. The smallest absolute Gasteiger partial charge is 0.316 e. The summed E-state index contributed by atoms with van der Waals surface area (Å²) in [6, 6.07) is 4.87. The standard InChI is InChI=1S/C20H26N6O3/c1-4-24(5-2)9-10-25-13-15(12-21-25)22-18(27)14-7-8-17-16(11-14)23-19(28)20(29)26(17)6-3/h7-8,11-13H,4-6,9-10H2,1-3H3,(H,22,27)(H,23,28). The Morgan fingerprint density at radius 3 is 2.66 bits per heavy atom. The lowest BCUT2D eigenvalue weighted by Gasteiger charge is -2.17. The van der Waals surface area contributed by atoms with Gasteiger partial charge in [-0.2, -0.15) is 5.10 Å². The minimum absolute atomic E-state index is 0.315. The van der Waals surface area contributed by atoms with E-state index in [0.717, 1.165) is 26.2 Å². The number of rotatable bonds is 8. The summed E-state index contributed by atoms with van der Waals surface area (Å²) in [5.74, 6) is -0.315. The predicted octanol–water partition coefficient (Wildman–Crippen LogP) is 1.50. The number of aromatic amines is 1. The number of benzene rings is 1. The van der Waals surface area contributed by atoms with Crippen LogP contribution in [0.25, 0.3) is 11.0 Å². The molecule has 0 aliphatic carbocycles. The third-order valence-corrected chi connectivity index (χ3v) is 4.98. The van der Waals surface area contributed by atoms with Crippen LogP contribution in [0.5, 0.6) is 0 Å². The molecule has 0 fully saturated rings. The highest BCUT2D eigenvalue weighted by molar-refractivity contribution is 6.05. The van der Waals surface area contributed by atoms with E-state index >= 15 is 0 Å². The normalized spacial score (nSPS) is 11.3. The highest BCUT2D eigenvalue weighted by atomic mass is 16.2. The SMILES string of the molecule is CCN(CC)CCn1cc(NC(=O)c2ccc3c(c2)[nH]c(=O)c(=O)n3CC)cn1. The lowest BCUT2D eigenvalue weighted by atomic mass is 10.1. The monoisotopic (exact) mass is 398 g/mol. The van der Waals surface area contributed by atoms with E-state index in [1.54, 1.807) is 42.2 Å². The molecule has 2 N–H and O–H groups in total. The van der Waals surface area contributed by atoms with Crippen LogP contribution < -0.4 is 16.4 Å². The average Bonchev–Trinajstić information content (AvgIpc) is 3.16. The van der Waals surface area contributed by atoms with Gasteiger partial charge in [-0.1, -0.05) is 13.8 Å². The lowest BCUT2D eigenvalue weighted by Crippen LogP contribution is -2.36. The van der Waals surface area contributed by atoms with E-state index in [9.17, 15) is 14.4 Å². The van der Waals surface area contributed by atoms with Gasteiger partial charge < -0.3 is 19.8 Å². The topological polar surface area (TPSA) is 105 Å². The third-order valence-electron chi connectivity index (χ3n) is 4.98. The molecule has 1 aromatic carbocycles. The number of hydrogen-bond donors (Lipinski definition) is 2. The molecule has 0 aliphatic rings. The van der Waals surface area contributed by atoms with Crippen molar-refractivity contribution in [1.29, 1.82) is 0 Å². The molecule has 29 heavy (non-hydrogen) atoms. The van der Waals surface area contributed by atoms with Gasteiger partial charge in [0.1, 0.15) is 0 Å². The maximum Gasteiger partial charge on any atom is 0.316 e. The fraction of sp³-hybridized carbons (Fsp3) is 0.400. The van der Waals surface area contributed by atoms with Crippen LogP contribution in [0.3, 0.4) is 0 Å². The van der Waals surface area contributed by atoms with Crippen molar-refractivity contribution in [3.63, 3.8) is 0 Å². The Morgan fingerprint density at radius 1 is 1.21 bits per heavy atom. The second-order valence-corrected chi connectivity index (χ2v) is 6.71. The van der Waals surface area contributed by atoms with Gasteiger partial charge in [-0.15, -0.1) is 0 Å².